The SMILES string of the molecule is Cc1cn([C@@H]2C[C@H](C(=O)O)N(C(=O)[C@@H](COC(C)(C)C)NC(=O)OCC3c4ccccc4-c4ccccc43)C2)c(=O)n(C(=O)c2ccccc2)c1=O. The van der Waals surface area contributed by atoms with Gasteiger partial charge in [0.15, 0.2) is 0 Å². The van der Waals surface area contributed by atoms with Crippen molar-refractivity contribution in [2.24, 2.45) is 0 Å². The molecule has 2 aliphatic rings. The average Bonchev–Trinajstić information content (AvgIpc) is 3.71. The van der Waals surface area contributed by atoms with E-state index in [0.29, 0.717) is 4.57 Å². The number of carboxylic acids is 1. The third-order valence-corrected chi connectivity index (χ3v) is 9.37. The van der Waals surface area contributed by atoms with Crippen LogP contribution < -0.4 is 16.6 Å². The Morgan fingerprint density at radius 2 is 1.50 bits per heavy atom. The summed E-state index contributed by atoms with van der Waals surface area (Å²) < 4.78 is 13.2. The number of carbonyl (C=O) groups excluding carboxylic acids is 3. The van der Waals surface area contributed by atoms with Crippen LogP contribution in [0.2, 0.25) is 0 Å². The number of nitrogens with zero attached hydrogens (tertiary/aromatic N) is 3. The van der Waals surface area contributed by atoms with Gasteiger partial charge >= 0.3 is 17.8 Å². The molecule has 1 fully saturated rings. The highest BCUT2D eigenvalue weighted by Gasteiger charge is 2.44. The lowest BCUT2D eigenvalue weighted by Crippen LogP contribution is -2.54. The highest BCUT2D eigenvalue weighted by molar-refractivity contribution is 5.95. The topological polar surface area (TPSA) is 166 Å². The van der Waals surface area contributed by atoms with Gasteiger partial charge in [0.25, 0.3) is 11.5 Å². The average molecular weight is 709 g/mol. The number of ether oxygens (including phenoxy) is 2. The molecule has 1 aliphatic heterocycles. The molecule has 1 saturated heterocycles. The number of carboxylic acid groups (broad SMARTS) is 1. The minimum absolute atomic E-state index is 0.00980. The zero-order valence-electron chi connectivity index (χ0n) is 29.3. The number of fused-ring (bicyclic) bond motifs is 3. The Morgan fingerprint density at radius 3 is 2.10 bits per heavy atom. The zero-order chi connectivity index (χ0) is 37.3. The van der Waals surface area contributed by atoms with Crippen LogP contribution in [-0.4, -0.2) is 80.5 Å². The Hall–Kier alpha value is -5.82. The van der Waals surface area contributed by atoms with Gasteiger partial charge in [-0.3, -0.25) is 19.0 Å². The van der Waals surface area contributed by atoms with Crippen LogP contribution in [0.5, 0.6) is 0 Å². The van der Waals surface area contributed by atoms with E-state index in [-0.39, 0.29) is 43.2 Å². The van der Waals surface area contributed by atoms with Gasteiger partial charge < -0.3 is 24.8 Å². The summed E-state index contributed by atoms with van der Waals surface area (Å²) in [6.07, 6.45) is 0.181. The van der Waals surface area contributed by atoms with Gasteiger partial charge in [0, 0.05) is 36.2 Å². The number of nitrogens with one attached hydrogen (secondary N) is 1. The summed E-state index contributed by atoms with van der Waals surface area (Å²) in [6.45, 7) is 6.19. The minimum Gasteiger partial charge on any atom is -0.480 e. The van der Waals surface area contributed by atoms with Crippen molar-refractivity contribution >= 4 is 23.9 Å². The summed E-state index contributed by atoms with van der Waals surface area (Å²) in [5.41, 5.74) is 1.84. The van der Waals surface area contributed by atoms with Crippen LogP contribution in [0.1, 0.15) is 66.2 Å². The van der Waals surface area contributed by atoms with Crippen molar-refractivity contribution in [2.45, 2.75) is 63.8 Å². The second-order valence-electron chi connectivity index (χ2n) is 14.0. The number of aryl methyl sites for hydroxylation is 1. The molecule has 270 valence electrons. The molecule has 2 heterocycles. The lowest BCUT2D eigenvalue weighted by atomic mass is 9.98. The van der Waals surface area contributed by atoms with Gasteiger partial charge in [0.2, 0.25) is 5.91 Å². The van der Waals surface area contributed by atoms with E-state index in [0.717, 1.165) is 31.7 Å². The molecule has 0 unspecified atom stereocenters. The van der Waals surface area contributed by atoms with E-state index in [4.69, 9.17) is 9.47 Å². The van der Waals surface area contributed by atoms with Gasteiger partial charge in [-0.1, -0.05) is 66.7 Å². The Labute approximate surface area is 299 Å². The molecule has 0 bridgehead atoms. The fraction of sp³-hybridized carbons (Fsp3) is 0.333. The van der Waals surface area contributed by atoms with Crippen molar-refractivity contribution in [1.29, 1.82) is 0 Å². The molecule has 1 aromatic heterocycles. The Morgan fingerprint density at radius 1 is 0.904 bits per heavy atom. The second kappa shape index (κ2) is 14.4. The van der Waals surface area contributed by atoms with E-state index in [9.17, 15) is 33.9 Å². The molecule has 3 aromatic carbocycles. The first-order valence-corrected chi connectivity index (χ1v) is 17.0. The second-order valence-corrected chi connectivity index (χ2v) is 14.0. The number of aromatic nitrogens is 2. The molecule has 4 aromatic rings. The molecule has 6 rings (SSSR count). The smallest absolute Gasteiger partial charge is 0.407 e. The summed E-state index contributed by atoms with van der Waals surface area (Å²) in [5, 5.41) is 12.8. The van der Waals surface area contributed by atoms with Crippen molar-refractivity contribution < 1.29 is 33.8 Å². The number of aliphatic carboxylic acids is 1. The van der Waals surface area contributed by atoms with Gasteiger partial charge in [-0.25, -0.2) is 14.4 Å². The number of hydrogen-bond acceptors (Lipinski definition) is 8. The standard InChI is InChI=1S/C39H40N4O9/c1-23-19-41(38(50)43(33(23)44)34(45)24-12-6-5-7-13-24)25-18-32(36(47)48)42(20-25)35(46)31(22-52-39(2,3)4)40-37(49)51-21-30-28-16-10-8-14-26(28)27-15-9-11-17-29(27)30/h5-17,19,25,30-32H,18,20-22H2,1-4H3,(H,40,49)(H,47,48)/t25-,31-,32-/m1/s1. The highest BCUT2D eigenvalue weighted by atomic mass is 16.5. The fourth-order valence-electron chi connectivity index (χ4n) is 6.83. The summed E-state index contributed by atoms with van der Waals surface area (Å²) in [6, 6.07) is 19.9. The van der Waals surface area contributed by atoms with Crippen LogP contribution >= 0.6 is 0 Å². The van der Waals surface area contributed by atoms with Crippen molar-refractivity contribution in [3.05, 3.63) is 128 Å². The van der Waals surface area contributed by atoms with Crippen LogP contribution in [0.4, 0.5) is 4.79 Å². The van der Waals surface area contributed by atoms with Crippen LogP contribution in [0, 0.1) is 6.92 Å². The van der Waals surface area contributed by atoms with E-state index in [2.05, 4.69) is 5.32 Å². The number of benzene rings is 3. The molecule has 2 amide bonds. The molecule has 52 heavy (non-hydrogen) atoms. The molecule has 1 aliphatic carbocycles. The number of amides is 2. The normalized spacial score (nSPS) is 17.3. The summed E-state index contributed by atoms with van der Waals surface area (Å²) in [4.78, 5) is 81.1. The summed E-state index contributed by atoms with van der Waals surface area (Å²) >= 11 is 0. The maximum atomic E-state index is 14.2. The number of likely N-dealkylation sites (tertiary alicyclic amines) is 1. The number of alkyl carbamates (subject to hydrolysis) is 1. The molecule has 2 N–H and O–H groups in total. The summed E-state index contributed by atoms with van der Waals surface area (Å²) in [7, 11) is 0. The Bertz CT molecular complexity index is 2110. The highest BCUT2D eigenvalue weighted by Crippen LogP contribution is 2.44. The molecule has 0 spiro atoms. The summed E-state index contributed by atoms with van der Waals surface area (Å²) in [5.74, 6) is -3.15. The quantitative estimate of drug-likeness (QED) is 0.262. The largest absolute Gasteiger partial charge is 0.480 e. The maximum Gasteiger partial charge on any atom is 0.407 e. The number of carbonyl (C=O) groups is 4. The van der Waals surface area contributed by atoms with Gasteiger partial charge in [0.05, 0.1) is 18.2 Å². The lowest BCUT2D eigenvalue weighted by Gasteiger charge is -2.29. The first-order chi connectivity index (χ1) is 24.7. The third kappa shape index (κ3) is 7.17. The maximum absolute atomic E-state index is 14.2. The van der Waals surface area contributed by atoms with Gasteiger partial charge in [0.1, 0.15) is 18.7 Å². The van der Waals surface area contributed by atoms with Crippen LogP contribution in [0.15, 0.2) is 94.6 Å². The number of hydrogen-bond donors (Lipinski definition) is 2. The monoisotopic (exact) mass is 708 g/mol. The van der Waals surface area contributed by atoms with Gasteiger partial charge in [-0.05, 0) is 62.1 Å². The van der Waals surface area contributed by atoms with Crippen LogP contribution in [0.25, 0.3) is 11.1 Å². The van der Waals surface area contributed by atoms with Crippen molar-refractivity contribution in [2.75, 3.05) is 19.8 Å². The number of rotatable bonds is 9. The molecular weight excluding hydrogens is 668 g/mol. The molecule has 0 saturated carbocycles. The van der Waals surface area contributed by atoms with Crippen molar-refractivity contribution in [3.63, 3.8) is 0 Å². The fourth-order valence-corrected chi connectivity index (χ4v) is 6.83. The Balaban J connectivity index is 1.24. The van der Waals surface area contributed by atoms with E-state index < -0.39 is 58.9 Å². The van der Waals surface area contributed by atoms with E-state index in [1.165, 1.54) is 25.3 Å². The van der Waals surface area contributed by atoms with Crippen LogP contribution in [0.3, 0.4) is 0 Å². The first kappa shape index (κ1) is 36.0. The predicted octanol–water partition coefficient (Wildman–Crippen LogP) is 3.96. The first-order valence-electron chi connectivity index (χ1n) is 17.0. The minimum atomic E-state index is -1.39. The predicted molar refractivity (Wildman–Crippen MR) is 190 cm³/mol. The van der Waals surface area contributed by atoms with Gasteiger partial charge in [-0.15, -0.1) is 0 Å². The molecule has 13 heteroatoms. The molecule has 0 radical (unpaired) electrons. The molecule has 13 nitrogen and oxygen atoms in total. The molecule has 3 atom stereocenters. The zero-order valence-corrected chi connectivity index (χ0v) is 29.3. The Kier molecular flexibility index (Phi) is 9.99. The molecular formula is C39H40N4O9. The van der Waals surface area contributed by atoms with E-state index in [1.807, 2.05) is 48.5 Å². The van der Waals surface area contributed by atoms with E-state index >= 15 is 0 Å². The van der Waals surface area contributed by atoms with Crippen molar-refractivity contribution in [3.8, 4) is 11.1 Å². The van der Waals surface area contributed by atoms with Gasteiger partial charge in [-0.2, -0.15) is 4.57 Å². The van der Waals surface area contributed by atoms with E-state index in [1.54, 1.807) is 39.0 Å². The van der Waals surface area contributed by atoms with Crippen LogP contribution in [-0.2, 0) is 19.1 Å². The van der Waals surface area contributed by atoms with Crippen molar-refractivity contribution in [1.82, 2.24) is 19.4 Å². The third-order valence-electron chi connectivity index (χ3n) is 9.37. The lowest BCUT2D eigenvalue weighted by molar-refractivity contribution is -0.150.